The molecule has 7 heteroatoms. The number of anilines is 1. The minimum atomic E-state index is -0.367. The Balaban J connectivity index is 1.33. The smallest absolute Gasteiger partial charge is 0.241 e. The number of amides is 1. The van der Waals surface area contributed by atoms with Crippen LogP contribution in [0.4, 0.5) is 5.69 Å². The third kappa shape index (κ3) is 3.52. The van der Waals surface area contributed by atoms with Gasteiger partial charge in [-0.25, -0.2) is 0 Å². The molecule has 7 nitrogen and oxygen atoms in total. The Morgan fingerprint density at radius 2 is 1.65 bits per heavy atom. The van der Waals surface area contributed by atoms with E-state index in [0.29, 0.717) is 36.9 Å². The van der Waals surface area contributed by atoms with Gasteiger partial charge in [-0.3, -0.25) is 4.79 Å². The molecule has 0 fully saturated rings. The molecule has 0 bridgehead atoms. The molecule has 0 spiro atoms. The summed E-state index contributed by atoms with van der Waals surface area (Å²) in [7, 11) is 0. The summed E-state index contributed by atoms with van der Waals surface area (Å²) in [5, 5.41) is 6.10. The quantitative estimate of drug-likeness (QED) is 0.856. The average Bonchev–Trinajstić information content (AvgIpc) is 3.13. The lowest BCUT2D eigenvalue weighted by molar-refractivity contribution is -0.117. The third-order valence-corrected chi connectivity index (χ3v) is 4.25. The molecule has 1 unspecified atom stereocenters. The summed E-state index contributed by atoms with van der Waals surface area (Å²) in [6.45, 7) is 3.67. The molecule has 26 heavy (non-hydrogen) atoms. The summed E-state index contributed by atoms with van der Waals surface area (Å²) in [5.74, 6) is 2.71. The number of carbonyl (C=O) groups is 1. The van der Waals surface area contributed by atoms with E-state index in [1.54, 1.807) is 18.2 Å². The van der Waals surface area contributed by atoms with Gasteiger partial charge in [-0.05, 0) is 36.8 Å². The van der Waals surface area contributed by atoms with E-state index < -0.39 is 0 Å². The zero-order valence-corrected chi connectivity index (χ0v) is 14.4. The predicted octanol–water partition coefficient (Wildman–Crippen LogP) is 2.30. The highest BCUT2D eigenvalue weighted by atomic mass is 16.7. The first-order valence-corrected chi connectivity index (χ1v) is 8.51. The van der Waals surface area contributed by atoms with Crippen LogP contribution in [0.5, 0.6) is 23.0 Å². The second-order valence-electron chi connectivity index (χ2n) is 6.14. The molecular formula is C19H20N2O5. The lowest BCUT2D eigenvalue weighted by atomic mass is 10.2. The van der Waals surface area contributed by atoms with Gasteiger partial charge in [-0.2, -0.15) is 0 Å². The molecule has 2 N–H and O–H groups in total. The van der Waals surface area contributed by atoms with Crippen LogP contribution >= 0.6 is 0 Å². The van der Waals surface area contributed by atoms with Crippen LogP contribution in [0.25, 0.3) is 0 Å². The molecule has 2 aliphatic heterocycles. The summed E-state index contributed by atoms with van der Waals surface area (Å²) in [4.78, 5) is 12.4. The Morgan fingerprint density at radius 1 is 0.962 bits per heavy atom. The van der Waals surface area contributed by atoms with Crippen LogP contribution in [-0.4, -0.2) is 32.0 Å². The molecule has 2 aliphatic rings. The summed E-state index contributed by atoms with van der Waals surface area (Å²) >= 11 is 0. The number of nitrogens with one attached hydrogen (secondary N) is 2. The topological polar surface area (TPSA) is 78.1 Å². The maximum Gasteiger partial charge on any atom is 0.241 e. The van der Waals surface area contributed by atoms with Gasteiger partial charge in [0, 0.05) is 18.3 Å². The summed E-state index contributed by atoms with van der Waals surface area (Å²) in [6.07, 6.45) is 0. The van der Waals surface area contributed by atoms with Crippen molar-refractivity contribution in [2.75, 3.05) is 25.3 Å². The van der Waals surface area contributed by atoms with Crippen molar-refractivity contribution >= 4 is 11.6 Å². The van der Waals surface area contributed by atoms with Crippen LogP contribution in [0, 0.1) is 0 Å². The number of benzene rings is 2. The zero-order chi connectivity index (χ0) is 17.9. The molecule has 0 saturated carbocycles. The molecular weight excluding hydrogens is 336 g/mol. The van der Waals surface area contributed by atoms with Crippen molar-refractivity contribution in [3.05, 3.63) is 42.0 Å². The van der Waals surface area contributed by atoms with Crippen molar-refractivity contribution in [1.82, 2.24) is 5.32 Å². The summed E-state index contributed by atoms with van der Waals surface area (Å²) < 4.78 is 21.7. The predicted molar refractivity (Wildman–Crippen MR) is 94.9 cm³/mol. The molecule has 2 aromatic carbocycles. The van der Waals surface area contributed by atoms with E-state index in [0.717, 1.165) is 17.1 Å². The largest absolute Gasteiger partial charge is 0.486 e. The van der Waals surface area contributed by atoms with Crippen LogP contribution in [0.2, 0.25) is 0 Å². The fraction of sp³-hybridized carbons (Fsp3) is 0.316. The van der Waals surface area contributed by atoms with Crippen molar-refractivity contribution in [3.8, 4) is 23.0 Å². The van der Waals surface area contributed by atoms with Gasteiger partial charge in [-0.1, -0.05) is 6.07 Å². The van der Waals surface area contributed by atoms with Gasteiger partial charge >= 0.3 is 0 Å². The fourth-order valence-electron chi connectivity index (χ4n) is 2.79. The Kier molecular flexibility index (Phi) is 4.53. The van der Waals surface area contributed by atoms with Gasteiger partial charge in [0.15, 0.2) is 23.0 Å². The van der Waals surface area contributed by atoms with E-state index in [1.807, 2.05) is 25.1 Å². The fourth-order valence-corrected chi connectivity index (χ4v) is 2.79. The lowest BCUT2D eigenvalue weighted by Gasteiger charge is -2.19. The highest BCUT2D eigenvalue weighted by Crippen LogP contribution is 2.33. The van der Waals surface area contributed by atoms with E-state index in [-0.39, 0.29) is 18.7 Å². The molecule has 1 atom stereocenters. The van der Waals surface area contributed by atoms with E-state index in [1.165, 1.54) is 0 Å². The van der Waals surface area contributed by atoms with Crippen molar-refractivity contribution < 1.29 is 23.7 Å². The van der Waals surface area contributed by atoms with E-state index in [4.69, 9.17) is 18.9 Å². The molecule has 0 aliphatic carbocycles. The standard InChI is InChI=1S/C19H20N2O5/c1-12(20-10-13-2-4-16-17(8-13)26-11-25-16)19(22)21-14-3-5-15-18(9-14)24-7-6-23-15/h2-5,8-9,12,20H,6-7,10-11H2,1H3,(H,21,22). The molecule has 0 radical (unpaired) electrons. The number of fused-ring (bicyclic) bond motifs is 2. The molecule has 136 valence electrons. The van der Waals surface area contributed by atoms with Crippen LogP contribution in [0.1, 0.15) is 12.5 Å². The average molecular weight is 356 g/mol. The Hall–Kier alpha value is -2.93. The summed E-state index contributed by atoms with van der Waals surface area (Å²) in [6, 6.07) is 10.8. The number of ether oxygens (including phenoxy) is 4. The maximum absolute atomic E-state index is 12.4. The third-order valence-electron chi connectivity index (χ3n) is 4.25. The van der Waals surface area contributed by atoms with Gasteiger partial charge in [0.1, 0.15) is 13.2 Å². The van der Waals surface area contributed by atoms with E-state index >= 15 is 0 Å². The van der Waals surface area contributed by atoms with Crippen LogP contribution in [0.3, 0.4) is 0 Å². The van der Waals surface area contributed by atoms with Gasteiger partial charge in [-0.15, -0.1) is 0 Å². The first-order chi connectivity index (χ1) is 12.7. The van der Waals surface area contributed by atoms with Crippen LogP contribution in [0.15, 0.2) is 36.4 Å². The number of hydrogen-bond acceptors (Lipinski definition) is 6. The normalized spacial score (nSPS) is 15.4. The number of hydrogen-bond donors (Lipinski definition) is 2. The SMILES string of the molecule is CC(NCc1ccc2c(c1)OCO2)C(=O)Nc1ccc2c(c1)OCCO2. The first kappa shape index (κ1) is 16.5. The number of carbonyl (C=O) groups excluding carboxylic acids is 1. The minimum Gasteiger partial charge on any atom is -0.486 e. The highest BCUT2D eigenvalue weighted by molar-refractivity contribution is 5.94. The highest BCUT2D eigenvalue weighted by Gasteiger charge is 2.17. The lowest BCUT2D eigenvalue weighted by Crippen LogP contribution is -2.37. The van der Waals surface area contributed by atoms with Crippen molar-refractivity contribution in [3.63, 3.8) is 0 Å². The van der Waals surface area contributed by atoms with E-state index in [2.05, 4.69) is 10.6 Å². The second kappa shape index (κ2) is 7.13. The second-order valence-corrected chi connectivity index (χ2v) is 6.14. The van der Waals surface area contributed by atoms with Crippen LogP contribution in [-0.2, 0) is 11.3 Å². The minimum absolute atomic E-state index is 0.123. The monoisotopic (exact) mass is 356 g/mol. The molecule has 0 aromatic heterocycles. The molecule has 4 rings (SSSR count). The molecule has 1 amide bonds. The number of rotatable bonds is 5. The van der Waals surface area contributed by atoms with Crippen molar-refractivity contribution in [2.45, 2.75) is 19.5 Å². The van der Waals surface area contributed by atoms with Gasteiger partial charge in [0.05, 0.1) is 6.04 Å². The molecule has 2 heterocycles. The van der Waals surface area contributed by atoms with Gasteiger partial charge < -0.3 is 29.6 Å². The zero-order valence-electron chi connectivity index (χ0n) is 14.4. The Bertz CT molecular complexity index is 824. The Labute approximate surface area is 151 Å². The molecule has 2 aromatic rings. The molecule has 0 saturated heterocycles. The van der Waals surface area contributed by atoms with Gasteiger partial charge in [0.2, 0.25) is 12.7 Å². The van der Waals surface area contributed by atoms with E-state index in [9.17, 15) is 4.79 Å². The first-order valence-electron chi connectivity index (χ1n) is 8.51. The van der Waals surface area contributed by atoms with Gasteiger partial charge in [0.25, 0.3) is 0 Å². The van der Waals surface area contributed by atoms with Crippen molar-refractivity contribution in [2.24, 2.45) is 0 Å². The maximum atomic E-state index is 12.4. The Morgan fingerprint density at radius 3 is 2.54 bits per heavy atom. The summed E-state index contributed by atoms with van der Waals surface area (Å²) in [5.41, 5.74) is 1.70. The van der Waals surface area contributed by atoms with Crippen LogP contribution < -0.4 is 29.6 Å². The van der Waals surface area contributed by atoms with Crippen molar-refractivity contribution in [1.29, 1.82) is 0 Å².